The second-order valence-electron chi connectivity index (χ2n) is 6.61. The minimum absolute atomic E-state index is 0.00120. The van der Waals surface area contributed by atoms with Crippen molar-refractivity contribution < 1.29 is 26.8 Å². The van der Waals surface area contributed by atoms with Crippen molar-refractivity contribution in [3.05, 3.63) is 63.4 Å². The lowest BCUT2D eigenvalue weighted by Gasteiger charge is -2.11. The van der Waals surface area contributed by atoms with Crippen LogP contribution in [0.15, 0.2) is 34.4 Å². The molecule has 0 saturated carbocycles. The van der Waals surface area contributed by atoms with Gasteiger partial charge in [-0.2, -0.15) is 8.42 Å². The summed E-state index contributed by atoms with van der Waals surface area (Å²) in [4.78, 5) is 4.12. The number of halogens is 4. The lowest BCUT2D eigenvalue weighted by Crippen LogP contribution is -2.32. The monoisotopic (exact) mass is 475 g/mol. The van der Waals surface area contributed by atoms with Crippen molar-refractivity contribution in [3.8, 4) is 0 Å². The van der Waals surface area contributed by atoms with E-state index >= 15 is 0 Å². The fourth-order valence-corrected chi connectivity index (χ4v) is 3.67. The molecule has 2 aromatic rings. The van der Waals surface area contributed by atoms with Crippen molar-refractivity contribution in [2.24, 2.45) is 15.3 Å². The molecule has 0 radical (unpaired) electrons. The van der Waals surface area contributed by atoms with Gasteiger partial charge in [-0.25, -0.2) is 23.0 Å². The number of amidine groups is 1. The Morgan fingerprint density at radius 1 is 1.26 bits per heavy atom. The van der Waals surface area contributed by atoms with Crippen molar-refractivity contribution in [1.82, 2.24) is 4.72 Å². The van der Waals surface area contributed by atoms with Crippen LogP contribution in [0.1, 0.15) is 16.7 Å². The first-order valence-corrected chi connectivity index (χ1v) is 10.7. The zero-order chi connectivity index (χ0) is 22.8. The Hall–Kier alpha value is -2.67. The van der Waals surface area contributed by atoms with E-state index in [4.69, 9.17) is 16.7 Å². The number of fused-ring (bicyclic) bond motifs is 1. The van der Waals surface area contributed by atoms with Crippen LogP contribution >= 0.6 is 11.6 Å². The standard InChI is InChI=1S/C18H17ClF3N5O3S/c19-12-5-9(1-2-13(12)20)6-15(27-28)10-7-14(21)17(22)18-11(10)8-16(26-18)24-3-4-25-31(23,29)30/h1-2,5,7,25,28H,3-4,6,8H2,(H,24,26)(H2,23,29,30)/b27-15+. The van der Waals surface area contributed by atoms with E-state index in [1.165, 1.54) is 12.1 Å². The van der Waals surface area contributed by atoms with Crippen LogP contribution in [0, 0.1) is 17.5 Å². The van der Waals surface area contributed by atoms with Crippen molar-refractivity contribution >= 4 is 39.0 Å². The first-order chi connectivity index (χ1) is 14.6. The Morgan fingerprint density at radius 2 is 2.00 bits per heavy atom. The topological polar surface area (TPSA) is 129 Å². The van der Waals surface area contributed by atoms with Crippen LogP contribution in [-0.4, -0.2) is 38.3 Å². The number of anilines is 1. The number of nitrogens with one attached hydrogen (secondary N) is 2. The molecule has 166 valence electrons. The van der Waals surface area contributed by atoms with Gasteiger partial charge in [0, 0.05) is 24.9 Å². The van der Waals surface area contributed by atoms with E-state index in [2.05, 4.69) is 20.2 Å². The number of nitrogens with zero attached hydrogens (tertiary/aromatic N) is 2. The van der Waals surface area contributed by atoms with Gasteiger partial charge in [-0.1, -0.05) is 22.8 Å². The summed E-state index contributed by atoms with van der Waals surface area (Å²) in [5.74, 6) is -2.66. The highest BCUT2D eigenvalue weighted by molar-refractivity contribution is 7.87. The van der Waals surface area contributed by atoms with Crippen molar-refractivity contribution in [3.63, 3.8) is 0 Å². The highest BCUT2D eigenvalue weighted by Gasteiger charge is 2.28. The van der Waals surface area contributed by atoms with E-state index in [1.807, 2.05) is 0 Å². The van der Waals surface area contributed by atoms with Crippen LogP contribution in [0.3, 0.4) is 0 Å². The van der Waals surface area contributed by atoms with E-state index in [0.717, 1.165) is 12.1 Å². The Kier molecular flexibility index (Phi) is 6.84. The molecule has 13 heteroatoms. The smallest absolute Gasteiger partial charge is 0.274 e. The van der Waals surface area contributed by atoms with E-state index in [9.17, 15) is 26.8 Å². The van der Waals surface area contributed by atoms with Crippen LogP contribution in [-0.2, 0) is 23.1 Å². The van der Waals surface area contributed by atoms with Crippen LogP contribution in [0.2, 0.25) is 5.02 Å². The quantitative estimate of drug-likeness (QED) is 0.212. The molecule has 0 saturated heterocycles. The molecule has 1 aliphatic rings. The van der Waals surface area contributed by atoms with E-state index in [0.29, 0.717) is 11.1 Å². The van der Waals surface area contributed by atoms with Gasteiger partial charge in [-0.05, 0) is 29.3 Å². The number of nitrogens with two attached hydrogens (primary N) is 1. The summed E-state index contributed by atoms with van der Waals surface area (Å²) < 4.78 is 65.7. The Labute approximate surface area is 180 Å². The summed E-state index contributed by atoms with van der Waals surface area (Å²) in [5, 5.41) is 20.1. The number of rotatable bonds is 7. The average Bonchev–Trinajstić information content (AvgIpc) is 3.13. The maximum Gasteiger partial charge on any atom is 0.274 e. The fourth-order valence-electron chi connectivity index (χ4n) is 3.09. The van der Waals surface area contributed by atoms with Crippen molar-refractivity contribution in [2.75, 3.05) is 18.4 Å². The first kappa shape index (κ1) is 23.0. The number of oxime groups is 1. The molecule has 1 heterocycles. The van der Waals surface area contributed by atoms with Gasteiger partial charge in [0.25, 0.3) is 10.2 Å². The lowest BCUT2D eigenvalue weighted by molar-refractivity contribution is 0.318. The second kappa shape index (κ2) is 9.22. The molecule has 0 fully saturated rings. The van der Waals surface area contributed by atoms with Crippen molar-refractivity contribution in [1.29, 1.82) is 0 Å². The summed E-state index contributed by atoms with van der Waals surface area (Å²) in [6.07, 6.45) is 0.0270. The minimum atomic E-state index is -3.87. The van der Waals surface area contributed by atoms with Gasteiger partial charge in [0.2, 0.25) is 0 Å². The van der Waals surface area contributed by atoms with Gasteiger partial charge in [0.15, 0.2) is 11.6 Å². The molecule has 0 bridgehead atoms. The van der Waals surface area contributed by atoms with Crippen LogP contribution in [0.25, 0.3) is 0 Å². The number of hydrogen-bond acceptors (Lipinski definition) is 5. The highest BCUT2D eigenvalue weighted by Crippen LogP contribution is 2.33. The maximum absolute atomic E-state index is 14.3. The molecule has 0 spiro atoms. The fraction of sp³-hybridized carbons (Fsp3) is 0.222. The molecule has 1 aliphatic heterocycles. The average molecular weight is 476 g/mol. The summed E-state index contributed by atoms with van der Waals surface area (Å²) in [6, 6.07) is 4.81. The summed E-state index contributed by atoms with van der Waals surface area (Å²) in [6.45, 7) is -0.0834. The van der Waals surface area contributed by atoms with Gasteiger partial charge in [-0.3, -0.25) is 4.99 Å². The third kappa shape index (κ3) is 5.53. The second-order valence-corrected chi connectivity index (χ2v) is 8.40. The van der Waals surface area contributed by atoms with Crippen LogP contribution < -0.4 is 15.2 Å². The molecule has 2 aromatic carbocycles. The largest absolute Gasteiger partial charge is 0.411 e. The lowest BCUT2D eigenvalue weighted by atomic mass is 9.95. The van der Waals surface area contributed by atoms with E-state index in [1.54, 1.807) is 0 Å². The Morgan fingerprint density at radius 3 is 2.65 bits per heavy atom. The molecule has 0 aliphatic carbocycles. The molecule has 31 heavy (non-hydrogen) atoms. The highest BCUT2D eigenvalue weighted by atomic mass is 35.5. The molecule has 0 unspecified atom stereocenters. The zero-order valence-electron chi connectivity index (χ0n) is 15.8. The molecule has 0 atom stereocenters. The zero-order valence-corrected chi connectivity index (χ0v) is 17.4. The summed E-state index contributed by atoms with van der Waals surface area (Å²) >= 11 is 5.77. The van der Waals surface area contributed by atoms with E-state index in [-0.39, 0.29) is 53.8 Å². The minimum Gasteiger partial charge on any atom is -0.411 e. The summed E-state index contributed by atoms with van der Waals surface area (Å²) in [5.41, 5.74) is 0.782. The third-order valence-electron chi connectivity index (χ3n) is 4.45. The van der Waals surface area contributed by atoms with Crippen molar-refractivity contribution in [2.45, 2.75) is 12.8 Å². The van der Waals surface area contributed by atoms with Gasteiger partial charge in [0.05, 0.1) is 23.0 Å². The number of benzene rings is 2. The molecular weight excluding hydrogens is 459 g/mol. The molecule has 0 aromatic heterocycles. The molecule has 0 amide bonds. The van der Waals surface area contributed by atoms with Gasteiger partial charge in [0.1, 0.15) is 11.7 Å². The van der Waals surface area contributed by atoms with Crippen LogP contribution in [0.4, 0.5) is 18.9 Å². The summed E-state index contributed by atoms with van der Waals surface area (Å²) in [7, 11) is -3.87. The predicted molar refractivity (Wildman–Crippen MR) is 111 cm³/mol. The van der Waals surface area contributed by atoms with E-state index < -0.39 is 27.7 Å². The normalized spacial score (nSPS) is 15.3. The third-order valence-corrected chi connectivity index (χ3v) is 5.34. The maximum atomic E-state index is 14.3. The van der Waals surface area contributed by atoms with Gasteiger partial charge in [-0.15, -0.1) is 0 Å². The Bertz CT molecular complexity index is 1190. The molecule has 3 rings (SSSR count). The number of hydrogen-bond donors (Lipinski definition) is 4. The Balaban J connectivity index is 1.87. The first-order valence-electron chi connectivity index (χ1n) is 8.83. The molecule has 8 nitrogen and oxygen atoms in total. The van der Waals surface area contributed by atoms with Gasteiger partial charge >= 0.3 is 0 Å². The molecular formula is C18H17ClF3N5O3S. The predicted octanol–water partition coefficient (Wildman–Crippen LogP) is 2.34. The van der Waals surface area contributed by atoms with Gasteiger partial charge < -0.3 is 10.5 Å². The SMILES string of the molecule is NS(=O)(=O)NCCN=C1Cc2c(/C(Cc3ccc(F)c(Cl)c3)=N/O)cc(F)c(F)c2N1. The molecule has 5 N–H and O–H groups in total. The van der Waals surface area contributed by atoms with Crippen LogP contribution in [0.5, 0.6) is 0 Å². The number of aliphatic imine (C=N–C) groups is 1.